The van der Waals surface area contributed by atoms with Crippen molar-refractivity contribution in [3.8, 4) is 5.75 Å². The summed E-state index contributed by atoms with van der Waals surface area (Å²) >= 11 is 1.55. The van der Waals surface area contributed by atoms with Crippen LogP contribution < -0.4 is 15.0 Å². The Bertz CT molecular complexity index is 986. The first kappa shape index (κ1) is 16.7. The number of benzene rings is 2. The summed E-state index contributed by atoms with van der Waals surface area (Å²) in [6.07, 6.45) is 0. The number of hydrogen-bond donors (Lipinski definition) is 1. The number of carbonyl (C=O) groups excluding carboxylic acids is 1. The maximum Gasteiger partial charge on any atom is 0.231 e. The molecule has 134 valence electrons. The van der Waals surface area contributed by atoms with Crippen LogP contribution in [0.1, 0.15) is 0 Å². The third-order valence-electron chi connectivity index (χ3n) is 4.30. The van der Waals surface area contributed by atoms with Crippen molar-refractivity contribution < 1.29 is 18.3 Å². The van der Waals surface area contributed by atoms with Crippen molar-refractivity contribution in [1.29, 1.82) is 0 Å². The third kappa shape index (κ3) is 3.08. The second-order valence-corrected chi connectivity index (χ2v) is 7.05. The Morgan fingerprint density at radius 1 is 1.27 bits per heavy atom. The fourth-order valence-electron chi connectivity index (χ4n) is 2.78. The number of fused-ring (bicyclic) bond motifs is 1. The van der Waals surface area contributed by atoms with Crippen LogP contribution in [0, 0.1) is 17.6 Å². The Morgan fingerprint density at radius 2 is 2.08 bits per heavy atom. The number of amides is 1. The van der Waals surface area contributed by atoms with Crippen LogP contribution in [0.25, 0.3) is 10.2 Å². The summed E-state index contributed by atoms with van der Waals surface area (Å²) in [7, 11) is 1.61. The average Bonchev–Trinajstić information content (AvgIpc) is 2.98. The van der Waals surface area contributed by atoms with E-state index in [0.29, 0.717) is 13.1 Å². The predicted molar refractivity (Wildman–Crippen MR) is 96.9 cm³/mol. The minimum absolute atomic E-state index is 0.0121. The monoisotopic (exact) mass is 375 g/mol. The molecule has 0 aliphatic carbocycles. The number of carbonyl (C=O) groups is 1. The number of nitrogens with one attached hydrogen (secondary N) is 1. The number of hydrogen-bond acceptors (Lipinski definition) is 5. The molecule has 8 heteroatoms. The van der Waals surface area contributed by atoms with Gasteiger partial charge in [-0.15, -0.1) is 0 Å². The highest BCUT2D eigenvalue weighted by Gasteiger charge is 2.34. The predicted octanol–water partition coefficient (Wildman–Crippen LogP) is 3.66. The van der Waals surface area contributed by atoms with Gasteiger partial charge in [0, 0.05) is 25.2 Å². The fourth-order valence-corrected chi connectivity index (χ4v) is 3.75. The summed E-state index contributed by atoms with van der Waals surface area (Å²) in [5.74, 6) is -1.26. The maximum absolute atomic E-state index is 13.6. The molecule has 1 aromatic heterocycles. The summed E-state index contributed by atoms with van der Waals surface area (Å²) in [5.41, 5.74) is 0.840. The molecule has 1 aliphatic rings. The van der Waals surface area contributed by atoms with Crippen molar-refractivity contribution in [2.75, 3.05) is 30.4 Å². The first-order chi connectivity index (χ1) is 12.5. The number of rotatable bonds is 4. The highest BCUT2D eigenvalue weighted by molar-refractivity contribution is 7.22. The summed E-state index contributed by atoms with van der Waals surface area (Å²) in [6.45, 7) is 1.01. The first-order valence-electron chi connectivity index (χ1n) is 7.99. The molecule has 1 amide bonds. The molecular formula is C18H15F2N3O2S. The fraction of sp³-hybridized carbons (Fsp3) is 0.222. The largest absolute Gasteiger partial charge is 0.497 e. The molecular weight excluding hydrogens is 360 g/mol. The molecule has 3 aromatic rings. The van der Waals surface area contributed by atoms with Crippen molar-refractivity contribution >= 4 is 38.3 Å². The smallest absolute Gasteiger partial charge is 0.231 e. The molecule has 26 heavy (non-hydrogen) atoms. The maximum atomic E-state index is 13.6. The average molecular weight is 375 g/mol. The zero-order chi connectivity index (χ0) is 18.3. The molecule has 0 radical (unpaired) electrons. The number of thiazole rings is 1. The van der Waals surface area contributed by atoms with E-state index >= 15 is 0 Å². The minimum atomic E-state index is -0.783. The van der Waals surface area contributed by atoms with Crippen LogP contribution in [0.3, 0.4) is 0 Å². The molecule has 5 nitrogen and oxygen atoms in total. The van der Waals surface area contributed by atoms with Gasteiger partial charge in [0.1, 0.15) is 17.4 Å². The van der Waals surface area contributed by atoms with Crippen molar-refractivity contribution in [3.05, 3.63) is 48.0 Å². The molecule has 0 atom stereocenters. The Balaban J connectivity index is 1.41. The van der Waals surface area contributed by atoms with Gasteiger partial charge in [-0.05, 0) is 24.3 Å². The Hall–Kier alpha value is -2.74. The molecule has 0 spiro atoms. The third-order valence-corrected chi connectivity index (χ3v) is 5.39. The lowest BCUT2D eigenvalue weighted by Crippen LogP contribution is -2.52. The minimum Gasteiger partial charge on any atom is -0.497 e. The van der Waals surface area contributed by atoms with E-state index in [4.69, 9.17) is 4.74 Å². The summed E-state index contributed by atoms with van der Waals surface area (Å²) < 4.78 is 32.8. The molecule has 2 heterocycles. The van der Waals surface area contributed by atoms with Crippen LogP contribution >= 0.6 is 11.3 Å². The van der Waals surface area contributed by atoms with Gasteiger partial charge in [0.15, 0.2) is 5.13 Å². The van der Waals surface area contributed by atoms with Crippen molar-refractivity contribution in [3.63, 3.8) is 0 Å². The molecule has 2 aromatic carbocycles. The van der Waals surface area contributed by atoms with E-state index in [9.17, 15) is 13.6 Å². The summed E-state index contributed by atoms with van der Waals surface area (Å²) in [4.78, 5) is 18.8. The molecule has 1 N–H and O–H groups in total. The zero-order valence-corrected chi connectivity index (χ0v) is 14.6. The van der Waals surface area contributed by atoms with Gasteiger partial charge in [0.2, 0.25) is 5.91 Å². The van der Waals surface area contributed by atoms with Crippen LogP contribution in [-0.4, -0.2) is 31.1 Å². The normalized spacial score (nSPS) is 14.3. The van der Waals surface area contributed by atoms with Gasteiger partial charge < -0.3 is 15.0 Å². The number of ether oxygens (including phenoxy) is 1. The Morgan fingerprint density at radius 3 is 2.81 bits per heavy atom. The van der Waals surface area contributed by atoms with E-state index < -0.39 is 11.6 Å². The number of methoxy groups -OCH3 is 1. The van der Waals surface area contributed by atoms with E-state index in [-0.39, 0.29) is 17.5 Å². The van der Waals surface area contributed by atoms with Crippen LogP contribution in [0.15, 0.2) is 36.4 Å². The van der Waals surface area contributed by atoms with Crippen LogP contribution in [0.2, 0.25) is 0 Å². The second-order valence-electron chi connectivity index (χ2n) is 6.05. The van der Waals surface area contributed by atoms with Gasteiger partial charge in [-0.2, -0.15) is 0 Å². The Kier molecular flexibility index (Phi) is 4.20. The molecule has 1 saturated heterocycles. The van der Waals surface area contributed by atoms with E-state index in [2.05, 4.69) is 10.3 Å². The topological polar surface area (TPSA) is 54.5 Å². The van der Waals surface area contributed by atoms with E-state index in [0.717, 1.165) is 33.2 Å². The van der Waals surface area contributed by atoms with Gasteiger partial charge in [0.05, 0.1) is 28.9 Å². The van der Waals surface area contributed by atoms with Crippen molar-refractivity contribution in [1.82, 2.24) is 4.98 Å². The highest BCUT2D eigenvalue weighted by atomic mass is 32.1. The number of halogens is 2. The Labute approximate surface area is 152 Å². The lowest BCUT2D eigenvalue weighted by atomic mass is 10.00. The molecule has 0 bridgehead atoms. The molecule has 1 fully saturated rings. The van der Waals surface area contributed by atoms with Gasteiger partial charge >= 0.3 is 0 Å². The van der Waals surface area contributed by atoms with Crippen molar-refractivity contribution in [2.24, 2.45) is 5.92 Å². The lowest BCUT2D eigenvalue weighted by Gasteiger charge is -2.37. The van der Waals surface area contributed by atoms with Crippen LogP contribution in [0.5, 0.6) is 5.75 Å². The van der Waals surface area contributed by atoms with E-state index in [1.54, 1.807) is 18.4 Å². The number of nitrogens with zero attached hydrogens (tertiary/aromatic N) is 2. The van der Waals surface area contributed by atoms with E-state index in [1.165, 1.54) is 6.07 Å². The summed E-state index contributed by atoms with van der Waals surface area (Å²) in [5, 5.41) is 3.35. The second kappa shape index (κ2) is 6.53. The van der Waals surface area contributed by atoms with Gasteiger partial charge in [0.25, 0.3) is 0 Å². The first-order valence-corrected chi connectivity index (χ1v) is 8.80. The standard InChI is InChI=1S/C18H15F2N3O2S/c1-25-12-3-5-16-15(7-12)22-18(26-16)23-8-10(9-23)17(24)21-14-4-2-11(19)6-13(14)20/h2-7,10H,8-9H2,1H3,(H,21,24). The van der Waals surface area contributed by atoms with Gasteiger partial charge in [-0.1, -0.05) is 11.3 Å². The van der Waals surface area contributed by atoms with Gasteiger partial charge in [-0.3, -0.25) is 4.79 Å². The molecule has 1 aliphatic heterocycles. The molecule has 4 rings (SSSR count). The number of anilines is 2. The molecule has 0 unspecified atom stereocenters. The molecule has 0 saturated carbocycles. The van der Waals surface area contributed by atoms with Crippen LogP contribution in [0.4, 0.5) is 19.6 Å². The van der Waals surface area contributed by atoms with Gasteiger partial charge in [-0.25, -0.2) is 13.8 Å². The highest BCUT2D eigenvalue weighted by Crippen LogP contribution is 2.34. The van der Waals surface area contributed by atoms with Crippen molar-refractivity contribution in [2.45, 2.75) is 0 Å². The van der Waals surface area contributed by atoms with Crippen LogP contribution in [-0.2, 0) is 4.79 Å². The summed E-state index contributed by atoms with van der Waals surface area (Å²) in [6, 6.07) is 8.79. The zero-order valence-electron chi connectivity index (χ0n) is 13.8. The van der Waals surface area contributed by atoms with E-state index in [1.807, 2.05) is 23.1 Å². The SMILES string of the molecule is COc1ccc2sc(N3CC(C(=O)Nc4ccc(F)cc4F)C3)nc2c1. The lowest BCUT2D eigenvalue weighted by molar-refractivity contribution is -0.120. The number of aromatic nitrogens is 1. The quantitative estimate of drug-likeness (QED) is 0.756.